The topological polar surface area (TPSA) is 109 Å². The minimum atomic E-state index is -3.90. The van der Waals surface area contributed by atoms with Crippen molar-refractivity contribution in [3.05, 3.63) is 54.5 Å². The standard InChI is InChI=1S/C23H25FN2O6S/c1-23(2,3)32-22(29)26-11-18(17-9-6-15(24)10-19(17)26)14-4-7-16(8-5-14)33(30,31)25-12-20(27)21(28)13-25/h4-11,20-21,27-28H,12-13H2,1-3H3. The molecular formula is C23H25FN2O6S. The van der Waals surface area contributed by atoms with Gasteiger partial charge in [0.2, 0.25) is 10.0 Å². The van der Waals surface area contributed by atoms with Crippen molar-refractivity contribution in [1.82, 2.24) is 8.87 Å². The van der Waals surface area contributed by atoms with Gasteiger partial charge in [0.1, 0.15) is 11.4 Å². The first kappa shape index (κ1) is 23.4. The molecule has 2 aromatic carbocycles. The molecule has 1 aliphatic heterocycles. The third-order valence-corrected chi connectivity index (χ3v) is 7.23. The summed E-state index contributed by atoms with van der Waals surface area (Å²) in [6.07, 6.45) is -1.37. The molecule has 176 valence electrons. The van der Waals surface area contributed by atoms with Gasteiger partial charge in [0, 0.05) is 30.2 Å². The molecule has 0 saturated carbocycles. The number of benzene rings is 2. The van der Waals surface area contributed by atoms with Crippen LogP contribution >= 0.6 is 0 Å². The Labute approximate surface area is 190 Å². The van der Waals surface area contributed by atoms with Crippen molar-refractivity contribution in [3.8, 4) is 11.1 Å². The van der Waals surface area contributed by atoms with Crippen molar-refractivity contribution in [2.45, 2.75) is 43.5 Å². The highest BCUT2D eigenvalue weighted by atomic mass is 32.2. The number of halogens is 1. The Balaban J connectivity index is 1.72. The molecule has 1 fully saturated rings. The monoisotopic (exact) mass is 476 g/mol. The van der Waals surface area contributed by atoms with E-state index < -0.39 is 39.7 Å². The zero-order valence-corrected chi connectivity index (χ0v) is 19.2. The first-order chi connectivity index (χ1) is 15.4. The van der Waals surface area contributed by atoms with Gasteiger partial charge >= 0.3 is 6.09 Å². The number of ether oxygens (including phenoxy) is 1. The number of aliphatic hydroxyl groups excluding tert-OH is 2. The predicted molar refractivity (Wildman–Crippen MR) is 120 cm³/mol. The van der Waals surface area contributed by atoms with Gasteiger partial charge in [-0.25, -0.2) is 17.6 Å². The second kappa shape index (κ2) is 8.21. The van der Waals surface area contributed by atoms with Crippen molar-refractivity contribution < 1.29 is 32.6 Å². The zero-order valence-electron chi connectivity index (χ0n) is 18.4. The van der Waals surface area contributed by atoms with Crippen LogP contribution in [-0.2, 0) is 14.8 Å². The second-order valence-corrected chi connectivity index (χ2v) is 11.0. The Morgan fingerprint density at radius 3 is 2.24 bits per heavy atom. The van der Waals surface area contributed by atoms with Gasteiger partial charge in [0.05, 0.1) is 22.6 Å². The lowest BCUT2D eigenvalue weighted by Crippen LogP contribution is -2.29. The number of hydrogen-bond donors (Lipinski definition) is 2. The number of aliphatic hydroxyl groups is 2. The molecule has 0 amide bonds. The van der Waals surface area contributed by atoms with Gasteiger partial charge < -0.3 is 14.9 Å². The highest BCUT2D eigenvalue weighted by molar-refractivity contribution is 7.89. The van der Waals surface area contributed by atoms with E-state index >= 15 is 0 Å². The van der Waals surface area contributed by atoms with Crippen LogP contribution in [0.5, 0.6) is 0 Å². The molecule has 2 heterocycles. The first-order valence-electron chi connectivity index (χ1n) is 10.4. The molecule has 0 aliphatic carbocycles. The predicted octanol–water partition coefficient (Wildman–Crippen LogP) is 2.96. The summed E-state index contributed by atoms with van der Waals surface area (Å²) in [5.41, 5.74) is 0.811. The van der Waals surface area contributed by atoms with Crippen LogP contribution in [0, 0.1) is 5.82 Å². The van der Waals surface area contributed by atoms with E-state index in [4.69, 9.17) is 4.74 Å². The van der Waals surface area contributed by atoms with E-state index in [9.17, 15) is 27.8 Å². The number of sulfonamides is 1. The molecular weight excluding hydrogens is 451 g/mol. The zero-order chi connectivity index (χ0) is 24.1. The van der Waals surface area contributed by atoms with Crippen LogP contribution in [0.2, 0.25) is 0 Å². The Hall–Kier alpha value is -2.79. The van der Waals surface area contributed by atoms with Gasteiger partial charge in [0.15, 0.2) is 0 Å². The molecule has 0 radical (unpaired) electrons. The first-order valence-corrected chi connectivity index (χ1v) is 11.8. The van der Waals surface area contributed by atoms with Crippen LogP contribution in [-0.4, -0.2) is 64.5 Å². The van der Waals surface area contributed by atoms with E-state index in [-0.39, 0.29) is 18.0 Å². The van der Waals surface area contributed by atoms with Gasteiger partial charge in [-0.3, -0.25) is 4.57 Å². The summed E-state index contributed by atoms with van der Waals surface area (Å²) < 4.78 is 47.3. The minimum Gasteiger partial charge on any atom is -0.443 e. The number of β-amino-alcohol motifs (C(OH)–C–C–N with tert-alkyl or cyclic N) is 2. The Kier molecular flexibility index (Phi) is 5.81. The van der Waals surface area contributed by atoms with Crippen molar-refractivity contribution in [2.75, 3.05) is 13.1 Å². The number of carbonyl (C=O) groups excluding carboxylic acids is 1. The summed E-state index contributed by atoms with van der Waals surface area (Å²) in [5, 5.41) is 20.0. The van der Waals surface area contributed by atoms with Crippen LogP contribution in [0.3, 0.4) is 0 Å². The molecule has 8 nitrogen and oxygen atoms in total. The smallest absolute Gasteiger partial charge is 0.419 e. The van der Waals surface area contributed by atoms with Crippen LogP contribution in [0.4, 0.5) is 9.18 Å². The fraction of sp³-hybridized carbons (Fsp3) is 0.348. The van der Waals surface area contributed by atoms with E-state index in [0.29, 0.717) is 22.0 Å². The third-order valence-electron chi connectivity index (χ3n) is 5.39. The SMILES string of the molecule is CC(C)(C)OC(=O)n1cc(-c2ccc(S(=O)(=O)N3CC(O)C(O)C3)cc2)c2ccc(F)cc21. The van der Waals surface area contributed by atoms with Crippen molar-refractivity contribution in [3.63, 3.8) is 0 Å². The molecule has 33 heavy (non-hydrogen) atoms. The van der Waals surface area contributed by atoms with Gasteiger partial charge in [-0.2, -0.15) is 4.31 Å². The van der Waals surface area contributed by atoms with E-state index in [2.05, 4.69) is 0 Å². The van der Waals surface area contributed by atoms with Crippen LogP contribution in [0.25, 0.3) is 22.0 Å². The molecule has 1 aromatic heterocycles. The number of nitrogens with zero attached hydrogens (tertiary/aromatic N) is 2. The minimum absolute atomic E-state index is 0.00877. The van der Waals surface area contributed by atoms with Crippen LogP contribution in [0.1, 0.15) is 20.8 Å². The molecule has 10 heteroatoms. The Bertz CT molecular complexity index is 1300. The summed E-state index contributed by atoms with van der Waals surface area (Å²) in [6, 6.07) is 10.1. The lowest BCUT2D eigenvalue weighted by molar-refractivity contribution is 0.0544. The summed E-state index contributed by atoms with van der Waals surface area (Å²) in [4.78, 5) is 12.7. The molecule has 4 rings (SSSR count). The molecule has 1 aliphatic rings. The van der Waals surface area contributed by atoms with Gasteiger partial charge in [-0.1, -0.05) is 12.1 Å². The maximum Gasteiger partial charge on any atom is 0.419 e. The number of fused-ring (bicyclic) bond motifs is 1. The largest absolute Gasteiger partial charge is 0.443 e. The Morgan fingerprint density at radius 2 is 1.67 bits per heavy atom. The fourth-order valence-corrected chi connectivity index (χ4v) is 5.26. The summed E-state index contributed by atoms with van der Waals surface area (Å²) in [7, 11) is -3.90. The van der Waals surface area contributed by atoms with Gasteiger partial charge in [0.25, 0.3) is 0 Å². The fourth-order valence-electron chi connectivity index (χ4n) is 3.78. The molecule has 0 spiro atoms. The maximum absolute atomic E-state index is 13.9. The third kappa shape index (κ3) is 4.51. The molecule has 3 aromatic rings. The van der Waals surface area contributed by atoms with Crippen molar-refractivity contribution in [2.24, 2.45) is 0 Å². The van der Waals surface area contributed by atoms with E-state index in [0.717, 1.165) is 4.31 Å². The van der Waals surface area contributed by atoms with Crippen molar-refractivity contribution >= 4 is 27.0 Å². The Morgan fingerprint density at radius 1 is 1.06 bits per heavy atom. The number of hydrogen-bond acceptors (Lipinski definition) is 6. The lowest BCUT2D eigenvalue weighted by Gasteiger charge is -2.19. The highest BCUT2D eigenvalue weighted by Gasteiger charge is 2.37. The van der Waals surface area contributed by atoms with Gasteiger partial charge in [-0.05, 0) is 56.7 Å². The van der Waals surface area contributed by atoms with Crippen molar-refractivity contribution in [1.29, 1.82) is 0 Å². The molecule has 2 atom stereocenters. The molecule has 1 saturated heterocycles. The summed E-state index contributed by atoms with van der Waals surface area (Å²) in [5.74, 6) is -0.506. The maximum atomic E-state index is 13.9. The van der Waals surface area contributed by atoms with E-state index in [1.54, 1.807) is 39.0 Å². The molecule has 2 unspecified atom stereocenters. The van der Waals surface area contributed by atoms with Crippen LogP contribution in [0.15, 0.2) is 53.6 Å². The summed E-state index contributed by atoms with van der Waals surface area (Å²) >= 11 is 0. The average Bonchev–Trinajstić information content (AvgIpc) is 3.27. The molecule has 0 bridgehead atoms. The molecule has 2 N–H and O–H groups in total. The number of rotatable bonds is 3. The quantitative estimate of drug-likeness (QED) is 0.602. The second-order valence-electron chi connectivity index (χ2n) is 9.04. The van der Waals surface area contributed by atoms with Gasteiger partial charge in [-0.15, -0.1) is 0 Å². The highest BCUT2D eigenvalue weighted by Crippen LogP contribution is 2.33. The number of aromatic nitrogens is 1. The normalized spacial score (nSPS) is 19.8. The van der Waals surface area contributed by atoms with Crippen LogP contribution < -0.4 is 0 Å². The van der Waals surface area contributed by atoms with E-state index in [1.165, 1.54) is 35.0 Å². The average molecular weight is 477 g/mol. The lowest BCUT2D eigenvalue weighted by atomic mass is 10.1. The summed E-state index contributed by atoms with van der Waals surface area (Å²) in [6.45, 7) is 4.83. The number of carbonyl (C=O) groups is 1. The van der Waals surface area contributed by atoms with E-state index in [1.807, 2.05) is 0 Å².